The maximum atomic E-state index is 11.5. The third kappa shape index (κ3) is 4.54. The highest BCUT2D eigenvalue weighted by Gasteiger charge is 2.30. The maximum Gasteiger partial charge on any atom is 0.403 e. The number of hydrogen-bond acceptors (Lipinski definition) is 1. The zero-order valence-electron chi connectivity index (χ0n) is 11.0. The molecule has 0 saturated carbocycles. The van der Waals surface area contributed by atoms with Gasteiger partial charge < -0.3 is 9.79 Å². The predicted octanol–water partition coefficient (Wildman–Crippen LogP) is 2.81. The summed E-state index contributed by atoms with van der Waals surface area (Å²) in [5.74, 6) is 0. The van der Waals surface area contributed by atoms with E-state index in [1.165, 1.54) is 4.67 Å². The fraction of sp³-hybridized carbons (Fsp3) is 0.538. The van der Waals surface area contributed by atoms with Crippen molar-refractivity contribution in [1.82, 2.24) is 4.67 Å². The van der Waals surface area contributed by atoms with Crippen LogP contribution in [0.15, 0.2) is 30.3 Å². The normalized spacial score (nSPS) is 13.8. The molecule has 102 valence electrons. The third-order valence-electron chi connectivity index (χ3n) is 3.02. The molecule has 0 aromatic heterocycles. The molecule has 0 spiro atoms. The van der Waals surface area contributed by atoms with Gasteiger partial charge in [-0.05, 0) is 18.4 Å². The molecule has 0 heterocycles. The second kappa shape index (κ2) is 7.05. The lowest BCUT2D eigenvalue weighted by atomic mass is 10.0. The first-order valence-electron chi connectivity index (χ1n) is 6.35. The Morgan fingerprint density at radius 1 is 1.22 bits per heavy atom. The van der Waals surface area contributed by atoms with Crippen LogP contribution in [0.4, 0.5) is 0 Å². The molecule has 1 aromatic rings. The monoisotopic (exact) mass is 271 g/mol. The summed E-state index contributed by atoms with van der Waals surface area (Å²) < 4.78 is 12.8. The van der Waals surface area contributed by atoms with Gasteiger partial charge in [-0.15, -0.1) is 0 Å². The Morgan fingerprint density at radius 2 is 1.83 bits per heavy atom. The van der Waals surface area contributed by atoms with E-state index in [1.807, 2.05) is 37.3 Å². The van der Waals surface area contributed by atoms with E-state index in [4.69, 9.17) is 0 Å². The van der Waals surface area contributed by atoms with E-state index in [0.717, 1.165) is 18.4 Å². The van der Waals surface area contributed by atoms with Crippen molar-refractivity contribution in [2.24, 2.45) is 0 Å². The van der Waals surface area contributed by atoms with Gasteiger partial charge in [0.15, 0.2) is 0 Å². The van der Waals surface area contributed by atoms with Crippen LogP contribution in [0.3, 0.4) is 0 Å². The smallest absolute Gasteiger partial charge is 0.312 e. The molecule has 4 nitrogen and oxygen atoms in total. The largest absolute Gasteiger partial charge is 0.403 e. The van der Waals surface area contributed by atoms with Crippen molar-refractivity contribution in [3.63, 3.8) is 0 Å². The molecule has 5 heteroatoms. The van der Waals surface area contributed by atoms with E-state index in [1.54, 1.807) is 6.92 Å². The van der Waals surface area contributed by atoms with Gasteiger partial charge in [-0.1, -0.05) is 50.6 Å². The minimum atomic E-state index is -4.17. The Balaban J connectivity index is 2.85. The van der Waals surface area contributed by atoms with Gasteiger partial charge in [-0.3, -0.25) is 0 Å². The molecule has 0 bridgehead atoms. The Morgan fingerprint density at radius 3 is 2.28 bits per heavy atom. The van der Waals surface area contributed by atoms with Crippen LogP contribution in [-0.4, -0.2) is 27.0 Å². The van der Waals surface area contributed by atoms with Crippen molar-refractivity contribution in [1.29, 1.82) is 0 Å². The van der Waals surface area contributed by atoms with Crippen molar-refractivity contribution in [3.05, 3.63) is 35.9 Å². The number of rotatable bonds is 7. The SMILES string of the molecule is CCC[C@@H](Cc1ccccc1)N(CC)P(=O)(O)O. The summed E-state index contributed by atoms with van der Waals surface area (Å²) in [6.45, 7) is 4.18. The first-order valence-corrected chi connectivity index (χ1v) is 7.92. The van der Waals surface area contributed by atoms with Crippen molar-refractivity contribution in [2.75, 3.05) is 6.54 Å². The van der Waals surface area contributed by atoms with Crippen molar-refractivity contribution >= 4 is 7.75 Å². The molecule has 0 aliphatic carbocycles. The van der Waals surface area contributed by atoms with Gasteiger partial charge in [0, 0.05) is 12.6 Å². The van der Waals surface area contributed by atoms with E-state index in [-0.39, 0.29) is 6.04 Å². The van der Waals surface area contributed by atoms with E-state index in [2.05, 4.69) is 0 Å². The van der Waals surface area contributed by atoms with Crippen LogP contribution in [0.5, 0.6) is 0 Å². The Bertz CT molecular complexity index is 390. The molecule has 0 fully saturated rings. The molecule has 0 aliphatic rings. The highest BCUT2D eigenvalue weighted by Crippen LogP contribution is 2.42. The summed E-state index contributed by atoms with van der Waals surface area (Å²) in [7, 11) is -4.17. The van der Waals surface area contributed by atoms with E-state index >= 15 is 0 Å². The highest BCUT2D eigenvalue weighted by atomic mass is 31.2. The van der Waals surface area contributed by atoms with Crippen LogP contribution < -0.4 is 0 Å². The first-order chi connectivity index (χ1) is 8.49. The number of likely N-dealkylation sites (N-methyl/N-ethyl adjacent to an activating group) is 1. The standard InChI is InChI=1S/C13H22NO3P/c1-3-8-13(14(4-2)18(15,16)17)11-12-9-6-5-7-10-12/h5-7,9-10,13H,3-4,8,11H2,1-2H3,(H2,15,16,17)/t13-/m0/s1. The minimum absolute atomic E-state index is 0.108. The van der Waals surface area contributed by atoms with Gasteiger partial charge in [-0.2, -0.15) is 0 Å². The predicted molar refractivity (Wildman–Crippen MR) is 73.3 cm³/mol. The summed E-state index contributed by atoms with van der Waals surface area (Å²) in [5, 5.41) is 0. The van der Waals surface area contributed by atoms with Crippen LogP contribution in [0.1, 0.15) is 32.3 Å². The molecule has 2 N–H and O–H groups in total. The zero-order valence-corrected chi connectivity index (χ0v) is 11.9. The molecular weight excluding hydrogens is 249 g/mol. The molecule has 0 radical (unpaired) electrons. The average molecular weight is 271 g/mol. The summed E-state index contributed by atoms with van der Waals surface area (Å²) in [4.78, 5) is 18.8. The number of benzene rings is 1. The van der Waals surface area contributed by atoms with Crippen LogP contribution in [0.2, 0.25) is 0 Å². The van der Waals surface area contributed by atoms with Gasteiger partial charge in [0.05, 0.1) is 0 Å². The van der Waals surface area contributed by atoms with Crippen molar-refractivity contribution in [3.8, 4) is 0 Å². The van der Waals surface area contributed by atoms with Gasteiger partial charge in [0.2, 0.25) is 0 Å². The maximum absolute atomic E-state index is 11.5. The zero-order chi connectivity index (χ0) is 13.6. The quantitative estimate of drug-likeness (QED) is 0.749. The molecular formula is C13H22NO3P. The third-order valence-corrected chi connectivity index (χ3v) is 4.29. The van der Waals surface area contributed by atoms with Gasteiger partial charge in [0.25, 0.3) is 0 Å². The lowest BCUT2D eigenvalue weighted by Crippen LogP contribution is -2.34. The minimum Gasteiger partial charge on any atom is -0.312 e. The molecule has 1 atom stereocenters. The average Bonchev–Trinajstić information content (AvgIpc) is 2.29. The van der Waals surface area contributed by atoms with Gasteiger partial charge in [0.1, 0.15) is 0 Å². The summed E-state index contributed by atoms with van der Waals surface area (Å²) in [6.07, 6.45) is 2.37. The topological polar surface area (TPSA) is 60.8 Å². The van der Waals surface area contributed by atoms with Crippen LogP contribution in [0.25, 0.3) is 0 Å². The number of hydrogen-bond donors (Lipinski definition) is 2. The second-order valence-corrected chi connectivity index (χ2v) is 5.94. The Labute approximate surface area is 109 Å². The van der Waals surface area contributed by atoms with E-state index < -0.39 is 7.75 Å². The first kappa shape index (κ1) is 15.4. The highest BCUT2D eigenvalue weighted by molar-refractivity contribution is 7.49. The fourth-order valence-corrected chi connectivity index (χ4v) is 3.22. The van der Waals surface area contributed by atoms with E-state index in [0.29, 0.717) is 13.0 Å². The molecule has 18 heavy (non-hydrogen) atoms. The lowest BCUT2D eigenvalue weighted by molar-refractivity contribution is 0.223. The van der Waals surface area contributed by atoms with Crippen LogP contribution in [-0.2, 0) is 11.0 Å². The molecule has 0 amide bonds. The number of nitrogens with zero attached hydrogens (tertiary/aromatic N) is 1. The molecule has 1 aromatic carbocycles. The van der Waals surface area contributed by atoms with E-state index in [9.17, 15) is 14.4 Å². The summed E-state index contributed by atoms with van der Waals surface area (Å²) in [6, 6.07) is 9.73. The summed E-state index contributed by atoms with van der Waals surface area (Å²) in [5.41, 5.74) is 1.11. The van der Waals surface area contributed by atoms with Crippen LogP contribution in [0, 0.1) is 0 Å². The summed E-state index contributed by atoms with van der Waals surface area (Å²) >= 11 is 0. The fourth-order valence-electron chi connectivity index (χ4n) is 2.23. The molecule has 0 saturated heterocycles. The lowest BCUT2D eigenvalue weighted by Gasteiger charge is -2.30. The van der Waals surface area contributed by atoms with Crippen molar-refractivity contribution < 1.29 is 14.4 Å². The van der Waals surface area contributed by atoms with Gasteiger partial charge >= 0.3 is 7.75 Å². The molecule has 0 unspecified atom stereocenters. The van der Waals surface area contributed by atoms with Crippen LogP contribution >= 0.6 is 7.75 Å². The Hall–Kier alpha value is -0.670. The van der Waals surface area contributed by atoms with Gasteiger partial charge in [-0.25, -0.2) is 9.24 Å². The second-order valence-electron chi connectivity index (χ2n) is 4.40. The Kier molecular flexibility index (Phi) is 6.03. The molecule has 0 aliphatic heterocycles. The van der Waals surface area contributed by atoms with Crippen molar-refractivity contribution in [2.45, 2.75) is 39.2 Å². The molecule has 1 rings (SSSR count).